The van der Waals surface area contributed by atoms with Gasteiger partial charge in [-0.3, -0.25) is 44.0 Å². The number of piperidine rings is 3. The molecule has 0 saturated carbocycles. The number of nitrogens with one attached hydrogen (secondary N) is 8. The highest BCUT2D eigenvalue weighted by Gasteiger charge is 2.33. The van der Waals surface area contributed by atoms with Gasteiger partial charge in [-0.2, -0.15) is 0 Å². The molecule has 4 aromatic carbocycles. The topological polar surface area (TPSA) is 367 Å². The molecule has 4 amide bonds. The molecule has 0 spiro atoms. The number of aromatic nitrogens is 16. The van der Waals surface area contributed by atoms with Crippen LogP contribution in [0.3, 0.4) is 0 Å². The van der Waals surface area contributed by atoms with E-state index in [0.29, 0.717) is 64.4 Å². The molecule has 0 aliphatic carbocycles. The number of fused-ring (bicyclic) bond motifs is 4. The SMILES string of the molecule is CCN1CCC(N2CCN(C(=O)c3cc4cc(Nc5nccc(-c6ccccn6)n5)ccc4[nH]3)CC2)CC1.CN1CCC(CN(C)C(=O)c2cc3cc(Nc4nccc(-c5ccccn5)n4)ccc3[nH]2)CC1.CN1CCN(CCCN(C)C(=O)c2cc3cc(Nc4nccc(-c5ccccn5)n4)ccc3[nH]2)CC1.O=C(c1cc2cc(Nc3nccc(-c4ccccn4)n3)ccc2[nH]1)N1CCCC(CN2CCCC2)C1. The van der Waals surface area contributed by atoms with Crippen LogP contribution >= 0.6 is 0 Å². The van der Waals surface area contributed by atoms with Crippen molar-refractivity contribution < 1.29 is 19.2 Å². The molecular formula is C110H126N30O4. The molecule has 740 valence electrons. The molecule has 12 aromatic heterocycles. The molecule has 34 nitrogen and oxygen atoms in total. The maximum atomic E-state index is 13.3. The second-order valence-corrected chi connectivity index (χ2v) is 38.3. The largest absolute Gasteiger partial charge is 0.351 e. The molecule has 6 aliphatic rings. The third-order valence-electron chi connectivity index (χ3n) is 28.0. The fourth-order valence-electron chi connectivity index (χ4n) is 19.9. The van der Waals surface area contributed by atoms with E-state index in [4.69, 9.17) is 0 Å². The van der Waals surface area contributed by atoms with Crippen molar-refractivity contribution in [3.05, 3.63) is 266 Å². The maximum absolute atomic E-state index is 13.3. The predicted octanol–water partition coefficient (Wildman–Crippen LogP) is 16.4. The number of hydrogen-bond acceptors (Lipinski definition) is 26. The van der Waals surface area contributed by atoms with Gasteiger partial charge in [0.2, 0.25) is 23.8 Å². The minimum atomic E-state index is 0.00508. The molecule has 34 heteroatoms. The number of H-pyrrole nitrogens is 4. The van der Waals surface area contributed by atoms with Gasteiger partial charge in [0.05, 0.1) is 45.6 Å². The zero-order chi connectivity index (χ0) is 98.6. The first kappa shape index (κ1) is 97.6. The summed E-state index contributed by atoms with van der Waals surface area (Å²) in [5, 5.41) is 17.0. The molecule has 6 saturated heterocycles. The standard InChI is InChI=1S/C29H34N8O.C28H31N7O.C27H32N8O.C26H29N7O/c1-2-35-13-9-23(10-14-35)36-15-17-37(18-16-36)28(38)27-20-21-19-22(6-7-24(21)33-27)32-29-31-12-8-26(34-29)25-5-3-4-11-30-25;36-27(35-15-5-6-20(19-35)18-34-13-3-4-14-34)26-17-21-16-22(8-9-23(21)32-26)31-28-30-12-10-25(33-28)24-7-1-2-11-29-24;1-33-14-16-35(17-15-33)13-5-12-34(2)26(36)25-19-20-18-21(7-8-22(20)31-25)30-27-29-11-9-24(32-27)23-6-3-4-10-28-23;1-32-13-9-18(10-14-32)17-33(2)25(34)24-16-19-15-20(6-7-21(19)30-24)29-26-28-12-8-23(31-26)22-5-3-4-11-27-22/h3-8,11-12,19-20,23,33H,2,9-10,13-18H2,1H3,(H,31,32,34);1-2,7-12,16-17,20,32H,3-6,13-15,18-19H2,(H,30,31,33);3-4,6-11,18-19,31H,5,12-17H2,1-2H3,(H,29,30,32);3-8,11-12,15-16,18,30H,9-10,13-14,17H2,1-2H3,(H,28,29,31). The zero-order valence-electron chi connectivity index (χ0n) is 82.5. The molecule has 1 atom stereocenters. The van der Waals surface area contributed by atoms with E-state index >= 15 is 0 Å². The van der Waals surface area contributed by atoms with Crippen molar-refractivity contribution >= 4 is 114 Å². The molecule has 0 radical (unpaired) electrons. The number of pyridine rings is 4. The number of hydrogen-bond donors (Lipinski definition) is 8. The van der Waals surface area contributed by atoms with E-state index < -0.39 is 0 Å². The molecule has 0 bridgehead atoms. The first-order valence-electron chi connectivity index (χ1n) is 50.4. The molecule has 6 fully saturated rings. The summed E-state index contributed by atoms with van der Waals surface area (Å²) in [7, 11) is 8.09. The van der Waals surface area contributed by atoms with Crippen molar-refractivity contribution in [1.82, 2.24) is 129 Å². The Morgan fingerprint density at radius 1 is 0.347 bits per heavy atom. The van der Waals surface area contributed by atoms with Crippen molar-refractivity contribution in [3.8, 4) is 45.6 Å². The second-order valence-electron chi connectivity index (χ2n) is 38.3. The Morgan fingerprint density at radius 3 is 1.15 bits per heavy atom. The smallest absolute Gasteiger partial charge is 0.270 e. The van der Waals surface area contributed by atoms with Crippen LogP contribution in [0, 0.1) is 11.8 Å². The molecule has 18 heterocycles. The van der Waals surface area contributed by atoms with Crippen LogP contribution in [0.1, 0.15) is 107 Å². The zero-order valence-corrected chi connectivity index (χ0v) is 82.5. The highest BCUT2D eigenvalue weighted by molar-refractivity contribution is 6.02. The molecule has 8 N–H and O–H groups in total. The lowest BCUT2D eigenvalue weighted by Crippen LogP contribution is -2.54. The van der Waals surface area contributed by atoms with Gasteiger partial charge in [0.15, 0.2) is 0 Å². The van der Waals surface area contributed by atoms with Crippen molar-refractivity contribution in [2.24, 2.45) is 11.8 Å². The van der Waals surface area contributed by atoms with E-state index in [1.807, 2.05) is 223 Å². The van der Waals surface area contributed by atoms with Gasteiger partial charge >= 0.3 is 0 Å². The lowest BCUT2D eigenvalue weighted by Gasteiger charge is -2.42. The minimum absolute atomic E-state index is 0.00508. The van der Waals surface area contributed by atoms with Crippen molar-refractivity contribution in [2.75, 3.05) is 187 Å². The summed E-state index contributed by atoms with van der Waals surface area (Å²) in [6.45, 7) is 23.6. The number of rotatable bonds is 26. The summed E-state index contributed by atoms with van der Waals surface area (Å²) in [6.07, 6.45) is 24.5. The summed E-state index contributed by atoms with van der Waals surface area (Å²) < 4.78 is 0. The Labute approximate surface area is 838 Å². The Bertz CT molecular complexity index is 6990. The highest BCUT2D eigenvalue weighted by atomic mass is 16.2. The van der Waals surface area contributed by atoms with Crippen LogP contribution in [0.2, 0.25) is 0 Å². The van der Waals surface area contributed by atoms with Crippen molar-refractivity contribution in [3.63, 3.8) is 0 Å². The Kier molecular flexibility index (Phi) is 31.6. The third-order valence-corrected chi connectivity index (χ3v) is 28.0. The minimum Gasteiger partial charge on any atom is -0.351 e. The van der Waals surface area contributed by atoms with Crippen LogP contribution in [0.5, 0.6) is 0 Å². The fraction of sp³-hybridized carbons (Fsp3) is 0.345. The monoisotopic (exact) mass is 1930 g/mol. The Hall–Kier alpha value is -15.2. The highest BCUT2D eigenvalue weighted by Crippen LogP contribution is 2.33. The van der Waals surface area contributed by atoms with Gasteiger partial charge in [0, 0.05) is 221 Å². The quantitative estimate of drug-likeness (QED) is 0.0250. The van der Waals surface area contributed by atoms with Gasteiger partial charge in [0.1, 0.15) is 22.8 Å². The van der Waals surface area contributed by atoms with Gasteiger partial charge in [-0.05, 0) is 306 Å². The van der Waals surface area contributed by atoms with E-state index in [-0.39, 0.29) is 23.6 Å². The van der Waals surface area contributed by atoms with Gasteiger partial charge < -0.3 is 85.3 Å². The first-order chi connectivity index (χ1) is 70.5. The molecule has 1 unspecified atom stereocenters. The molecule has 6 aliphatic heterocycles. The molecule has 144 heavy (non-hydrogen) atoms. The van der Waals surface area contributed by atoms with Crippen molar-refractivity contribution in [2.45, 2.75) is 70.8 Å². The summed E-state index contributed by atoms with van der Waals surface area (Å²) in [4.78, 5) is 142. The number of piperazine rings is 2. The normalized spacial score (nSPS) is 16.5. The Morgan fingerprint density at radius 2 is 0.743 bits per heavy atom. The maximum Gasteiger partial charge on any atom is 0.270 e. The molecular weight excluding hydrogens is 1810 g/mol. The lowest BCUT2D eigenvalue weighted by molar-refractivity contribution is 0.0454. The van der Waals surface area contributed by atoms with Crippen LogP contribution in [0.15, 0.2) is 244 Å². The number of amides is 4. The van der Waals surface area contributed by atoms with E-state index in [1.165, 1.54) is 58.3 Å². The number of likely N-dealkylation sites (tertiary alicyclic amines) is 4. The first-order valence-corrected chi connectivity index (χ1v) is 50.4. The van der Waals surface area contributed by atoms with Crippen LogP contribution in [0.4, 0.5) is 46.5 Å². The van der Waals surface area contributed by atoms with E-state index in [0.717, 1.165) is 249 Å². The predicted molar refractivity (Wildman–Crippen MR) is 567 cm³/mol. The van der Waals surface area contributed by atoms with Crippen LogP contribution in [0.25, 0.3) is 89.2 Å². The van der Waals surface area contributed by atoms with Crippen LogP contribution < -0.4 is 21.3 Å². The van der Waals surface area contributed by atoms with Gasteiger partial charge in [-0.25, -0.2) is 39.9 Å². The van der Waals surface area contributed by atoms with E-state index in [9.17, 15) is 19.2 Å². The number of benzene rings is 4. The number of carbonyl (C=O) groups excluding carboxylic acids is 4. The summed E-state index contributed by atoms with van der Waals surface area (Å²) in [5.41, 5.74) is 15.8. The number of aromatic amines is 4. The van der Waals surface area contributed by atoms with E-state index in [1.54, 1.807) is 54.5 Å². The Balaban J connectivity index is 0.000000122. The van der Waals surface area contributed by atoms with Gasteiger partial charge in [0.25, 0.3) is 23.6 Å². The third kappa shape index (κ3) is 25.3. The average Bonchev–Trinajstić information content (AvgIpc) is 1.67. The molecule has 22 rings (SSSR count). The summed E-state index contributed by atoms with van der Waals surface area (Å²) in [5.74, 6) is 3.31. The number of nitrogens with zero attached hydrogens (tertiary/aromatic N) is 22. The molecule has 16 aromatic rings. The van der Waals surface area contributed by atoms with Crippen LogP contribution in [-0.4, -0.2) is 324 Å². The number of carbonyl (C=O) groups is 4. The summed E-state index contributed by atoms with van der Waals surface area (Å²) >= 11 is 0. The second kappa shape index (κ2) is 46.7. The number of likely N-dealkylation sites (N-methyl/N-ethyl adjacent to an activating group) is 1. The van der Waals surface area contributed by atoms with E-state index in [2.05, 4.69) is 151 Å². The lowest BCUT2D eigenvalue weighted by atomic mass is 9.96. The fourth-order valence-corrected chi connectivity index (χ4v) is 19.9. The van der Waals surface area contributed by atoms with Crippen molar-refractivity contribution in [1.29, 1.82) is 0 Å². The van der Waals surface area contributed by atoms with Gasteiger partial charge in [-0.1, -0.05) is 31.2 Å². The average molecular weight is 1930 g/mol. The summed E-state index contributed by atoms with van der Waals surface area (Å²) in [6, 6.07) is 62.4. The van der Waals surface area contributed by atoms with Crippen LogP contribution in [-0.2, 0) is 0 Å². The number of anilines is 8. The van der Waals surface area contributed by atoms with Gasteiger partial charge in [-0.15, -0.1) is 0 Å².